The number of carbonyl (C=O) groups is 1. The summed E-state index contributed by atoms with van der Waals surface area (Å²) in [5.41, 5.74) is -2.08. The van der Waals surface area contributed by atoms with E-state index in [9.17, 15) is 28.4 Å². The number of H-pyrrole nitrogens is 1. The van der Waals surface area contributed by atoms with Crippen molar-refractivity contribution in [2.24, 2.45) is 0 Å². The largest absolute Gasteiger partial charge is 0.458 e. The molecule has 3 rings (SSSR count). The molecular weight excluding hydrogens is 678 g/mol. The van der Waals surface area contributed by atoms with Crippen LogP contribution in [-0.4, -0.2) is 52.5 Å². The third kappa shape index (κ3) is 16.2. The maximum Gasteiger partial charge on any atom is 0.458 e. The number of benzene rings is 1. The minimum Gasteiger partial charge on any atom is -0.413 e. The minimum atomic E-state index is -4.04. The Morgan fingerprint density at radius 3 is 2.27 bits per heavy atom. The second kappa shape index (κ2) is 23.4. The number of amides is 1. The normalized spacial score (nSPS) is 19.2. The molecule has 1 fully saturated rings. The molecule has 0 saturated carbocycles. The third-order valence-corrected chi connectivity index (χ3v) is 9.05. The lowest BCUT2D eigenvalue weighted by molar-refractivity contribution is -0.121. The Morgan fingerprint density at radius 1 is 1.00 bits per heavy atom. The van der Waals surface area contributed by atoms with E-state index in [1.54, 1.807) is 30.3 Å². The summed E-state index contributed by atoms with van der Waals surface area (Å²) in [5.74, 6) is -1.07. The molecule has 0 radical (unpaired) electrons. The van der Waals surface area contributed by atoms with Gasteiger partial charge in [0.15, 0.2) is 0 Å². The fourth-order valence-corrected chi connectivity index (χ4v) is 6.18. The second-order valence-corrected chi connectivity index (χ2v) is 13.4. The van der Waals surface area contributed by atoms with Crippen molar-refractivity contribution in [1.29, 1.82) is 0 Å². The van der Waals surface area contributed by atoms with Crippen molar-refractivity contribution in [3.8, 4) is 5.75 Å². The molecule has 1 aromatic carbocycles. The highest BCUT2D eigenvalue weighted by Gasteiger charge is 2.38. The minimum absolute atomic E-state index is 0.0490. The van der Waals surface area contributed by atoms with Gasteiger partial charge in [0.1, 0.15) is 18.1 Å². The predicted molar refractivity (Wildman–Crippen MR) is 196 cm³/mol. The van der Waals surface area contributed by atoms with Crippen molar-refractivity contribution in [3.63, 3.8) is 0 Å². The summed E-state index contributed by atoms with van der Waals surface area (Å²) < 4.78 is 45.2. The van der Waals surface area contributed by atoms with Crippen molar-refractivity contribution in [2.75, 3.05) is 19.7 Å². The van der Waals surface area contributed by atoms with Gasteiger partial charge in [0.05, 0.1) is 18.9 Å². The number of unbranched alkanes of at least 4 members (excludes halogenated alkanes) is 1. The van der Waals surface area contributed by atoms with E-state index in [0.29, 0.717) is 19.0 Å². The lowest BCUT2D eigenvalue weighted by Gasteiger charge is -2.23. The van der Waals surface area contributed by atoms with Gasteiger partial charge < -0.3 is 19.7 Å². The van der Waals surface area contributed by atoms with Crippen LogP contribution in [-0.2, 0) is 18.6 Å². The molecule has 12 nitrogen and oxygen atoms in total. The van der Waals surface area contributed by atoms with Gasteiger partial charge in [-0.05, 0) is 57.1 Å². The van der Waals surface area contributed by atoms with E-state index in [4.69, 9.17) is 13.8 Å². The van der Waals surface area contributed by atoms with Crippen molar-refractivity contribution >= 4 is 13.7 Å². The molecule has 278 valence electrons. The van der Waals surface area contributed by atoms with Crippen molar-refractivity contribution in [3.05, 3.63) is 124 Å². The van der Waals surface area contributed by atoms with Crippen LogP contribution in [0.2, 0.25) is 0 Å². The number of ether oxygens (including phenoxy) is 1. The number of hydrogen-bond acceptors (Lipinski definition) is 8. The predicted octanol–water partition coefficient (Wildman–Crippen LogP) is 6.16. The highest BCUT2D eigenvalue weighted by molar-refractivity contribution is 7.52. The maximum atomic E-state index is 13.8. The second-order valence-electron chi connectivity index (χ2n) is 11.6. The number of nitrogens with zero attached hydrogens (tertiary/aromatic N) is 1. The Kier molecular flexibility index (Phi) is 18.9. The summed E-state index contributed by atoms with van der Waals surface area (Å²) in [5, 5.41) is 16.0. The molecule has 2 heterocycles. The Balaban J connectivity index is 1.35. The van der Waals surface area contributed by atoms with Gasteiger partial charge in [-0.15, -0.1) is 0 Å². The number of nitrogens with one attached hydrogen (secondary N) is 3. The van der Waals surface area contributed by atoms with E-state index < -0.39 is 49.9 Å². The summed E-state index contributed by atoms with van der Waals surface area (Å²) in [6, 6.07) is 8.31. The van der Waals surface area contributed by atoms with Gasteiger partial charge in [-0.3, -0.25) is 23.7 Å². The molecule has 1 saturated heterocycles. The molecule has 0 spiro atoms. The molecule has 0 bridgehead atoms. The zero-order valence-electron chi connectivity index (χ0n) is 29.0. The number of aliphatic hydroxyl groups excluding tert-OH is 1. The van der Waals surface area contributed by atoms with Gasteiger partial charge in [-0.1, -0.05) is 85.9 Å². The van der Waals surface area contributed by atoms with E-state index in [-0.39, 0.29) is 31.2 Å². The van der Waals surface area contributed by atoms with Crippen LogP contribution in [0.15, 0.2) is 107 Å². The third-order valence-electron chi connectivity index (χ3n) is 7.50. The molecule has 1 aliphatic heterocycles. The number of carbonyl (C=O) groups excluding carboxylic acids is 1. The topological polar surface area (TPSA) is 161 Å². The smallest absolute Gasteiger partial charge is 0.413 e. The molecular formula is C37H50FN4O8P. The van der Waals surface area contributed by atoms with Crippen molar-refractivity contribution in [1.82, 2.24) is 20.0 Å². The monoisotopic (exact) mass is 728 g/mol. The molecule has 51 heavy (non-hydrogen) atoms. The SMILES string of the molecule is CC/C=C/C/C=C\C/C=C\C/C=C\C/C=C\CCCC(=O)NCCNP(=O)(OC[C@H]1O[C@@H](n2cc(F)c(=O)[nH]c2=O)C[C@@H]1O)Oc1ccccc1. The Hall–Kier alpha value is -4.13. The number of para-hydroxylation sites is 1. The molecule has 0 aliphatic carbocycles. The van der Waals surface area contributed by atoms with Crippen LogP contribution >= 0.6 is 7.75 Å². The summed E-state index contributed by atoms with van der Waals surface area (Å²) >= 11 is 0. The Labute approximate surface area is 298 Å². The van der Waals surface area contributed by atoms with Crippen LogP contribution in [0.5, 0.6) is 5.75 Å². The van der Waals surface area contributed by atoms with Crippen LogP contribution in [0.1, 0.15) is 70.9 Å². The number of rotatable bonds is 23. The fourth-order valence-electron chi connectivity index (χ4n) is 4.84. The average Bonchev–Trinajstić information content (AvgIpc) is 3.49. The first-order chi connectivity index (χ1) is 24.7. The van der Waals surface area contributed by atoms with Gasteiger partial charge >= 0.3 is 13.4 Å². The summed E-state index contributed by atoms with van der Waals surface area (Å²) in [7, 11) is -4.04. The summed E-state index contributed by atoms with van der Waals surface area (Å²) in [6.07, 6.45) is 25.2. The van der Waals surface area contributed by atoms with Gasteiger partial charge in [0, 0.05) is 25.9 Å². The molecule has 4 N–H and O–H groups in total. The number of allylic oxidation sites excluding steroid dienone is 10. The number of aliphatic hydroxyl groups is 1. The lowest BCUT2D eigenvalue weighted by atomic mass is 10.2. The summed E-state index contributed by atoms with van der Waals surface area (Å²) in [4.78, 5) is 37.7. The molecule has 2 aromatic rings. The van der Waals surface area contributed by atoms with E-state index in [0.717, 1.165) is 43.1 Å². The van der Waals surface area contributed by atoms with Crippen molar-refractivity contribution in [2.45, 2.75) is 83.1 Å². The lowest BCUT2D eigenvalue weighted by Crippen LogP contribution is -2.34. The van der Waals surface area contributed by atoms with Gasteiger partial charge in [0.25, 0.3) is 5.56 Å². The zero-order chi connectivity index (χ0) is 36.7. The molecule has 1 unspecified atom stereocenters. The molecule has 1 aliphatic rings. The fraction of sp³-hybridized carbons (Fsp3) is 0.432. The van der Waals surface area contributed by atoms with Gasteiger partial charge in [-0.25, -0.2) is 14.4 Å². The number of aromatic amines is 1. The highest BCUT2D eigenvalue weighted by Crippen LogP contribution is 2.45. The molecule has 1 aromatic heterocycles. The van der Waals surface area contributed by atoms with Crippen LogP contribution in [0.3, 0.4) is 0 Å². The van der Waals surface area contributed by atoms with E-state index in [1.807, 2.05) is 4.98 Å². The van der Waals surface area contributed by atoms with Crippen LogP contribution in [0.25, 0.3) is 0 Å². The van der Waals surface area contributed by atoms with Gasteiger partial charge in [0.2, 0.25) is 11.7 Å². The number of aromatic nitrogens is 2. The quantitative estimate of drug-likeness (QED) is 0.0597. The summed E-state index contributed by atoms with van der Waals surface area (Å²) in [6.45, 7) is 1.92. The van der Waals surface area contributed by atoms with E-state index >= 15 is 0 Å². The first kappa shape index (κ1) is 41.3. The Bertz CT molecular complexity index is 1650. The van der Waals surface area contributed by atoms with Crippen LogP contribution < -0.4 is 26.2 Å². The van der Waals surface area contributed by atoms with Crippen LogP contribution in [0.4, 0.5) is 4.39 Å². The molecule has 1 amide bonds. The Morgan fingerprint density at radius 2 is 1.63 bits per heavy atom. The van der Waals surface area contributed by atoms with Crippen molar-refractivity contribution < 1.29 is 32.6 Å². The first-order valence-electron chi connectivity index (χ1n) is 17.3. The molecule has 4 atom stereocenters. The van der Waals surface area contributed by atoms with Gasteiger partial charge in [-0.2, -0.15) is 4.39 Å². The average molecular weight is 729 g/mol. The van der Waals surface area contributed by atoms with Crippen LogP contribution in [0, 0.1) is 5.82 Å². The zero-order valence-corrected chi connectivity index (χ0v) is 29.9. The first-order valence-corrected chi connectivity index (χ1v) is 18.9. The molecule has 14 heteroatoms. The van der Waals surface area contributed by atoms with E-state index in [2.05, 4.69) is 78.1 Å². The van der Waals surface area contributed by atoms with E-state index in [1.165, 1.54) is 0 Å². The highest BCUT2D eigenvalue weighted by atomic mass is 31.2. The standard InChI is InChI=1S/C37H50FN4O8P/c1-2-3-4-5-6-7-8-9-10-11-12-13-14-15-16-17-21-24-34(44)39-25-26-40-51(47,50-30-22-19-18-20-23-30)48-29-33-32(43)27-35(49-33)42-28-31(38)36(45)41-37(42)46/h3-4,6-7,9-10,12-13,15-16,18-20,22-23,28,32-33,35,43H,2,5,8,11,14,17,21,24-27,29H2,1H3,(H,39,44)(H,40,47)(H,41,45,46)/b4-3+,7-6-,10-9-,13-12-,16-15-/t32-,33+,35+,51?/m0/s1. The maximum absolute atomic E-state index is 13.8. The number of hydrogen-bond donors (Lipinski definition) is 4. The number of halogens is 1.